The van der Waals surface area contributed by atoms with Crippen molar-refractivity contribution in [3.05, 3.63) is 52.2 Å². The summed E-state index contributed by atoms with van der Waals surface area (Å²) < 4.78 is 0. The van der Waals surface area contributed by atoms with Crippen LogP contribution in [-0.2, 0) is 25.7 Å². The Morgan fingerprint density at radius 1 is 1.00 bits per heavy atom. The summed E-state index contributed by atoms with van der Waals surface area (Å²) in [7, 11) is 0. The van der Waals surface area contributed by atoms with Gasteiger partial charge in [0, 0.05) is 43.5 Å². The Bertz CT molecular complexity index is 1230. The number of anilines is 1. The molecule has 1 saturated heterocycles. The summed E-state index contributed by atoms with van der Waals surface area (Å²) >= 11 is 7.76. The summed E-state index contributed by atoms with van der Waals surface area (Å²) in [6, 6.07) is 11.3. The molecule has 3 heterocycles. The van der Waals surface area contributed by atoms with Gasteiger partial charge in [0.1, 0.15) is 16.5 Å². The van der Waals surface area contributed by atoms with E-state index in [0.29, 0.717) is 6.04 Å². The van der Waals surface area contributed by atoms with Crippen molar-refractivity contribution in [3.63, 3.8) is 0 Å². The van der Waals surface area contributed by atoms with Gasteiger partial charge in [-0.25, -0.2) is 9.97 Å². The van der Waals surface area contributed by atoms with E-state index in [1.165, 1.54) is 72.1 Å². The van der Waals surface area contributed by atoms with Crippen LogP contribution in [0.3, 0.4) is 0 Å². The Morgan fingerprint density at radius 2 is 1.78 bits per heavy atom. The predicted octanol–water partition coefficient (Wildman–Crippen LogP) is 5.93. The Morgan fingerprint density at radius 3 is 2.57 bits per heavy atom. The van der Waals surface area contributed by atoms with Crippen LogP contribution in [0.2, 0.25) is 0 Å². The third kappa shape index (κ3) is 5.63. The number of benzene rings is 1. The lowest BCUT2D eigenvalue weighted by Gasteiger charge is -2.38. The first-order valence-corrected chi connectivity index (χ1v) is 15.5. The van der Waals surface area contributed by atoms with Crippen molar-refractivity contribution in [2.75, 3.05) is 31.1 Å². The van der Waals surface area contributed by atoms with Crippen LogP contribution >= 0.6 is 23.6 Å². The molecular formula is C30H39N5S2. The van der Waals surface area contributed by atoms with Crippen molar-refractivity contribution in [1.29, 1.82) is 0 Å². The quantitative estimate of drug-likeness (QED) is 0.410. The number of fused-ring (bicyclic) bond motifs is 3. The molecule has 1 N–H and O–H groups in total. The van der Waals surface area contributed by atoms with E-state index >= 15 is 0 Å². The monoisotopic (exact) mass is 533 g/mol. The topological polar surface area (TPSA) is 44.3 Å². The summed E-state index contributed by atoms with van der Waals surface area (Å²) in [6.45, 7) is 6.20. The number of thiophene rings is 1. The molecule has 3 aromatic rings. The molecule has 0 spiro atoms. The van der Waals surface area contributed by atoms with E-state index in [2.05, 4.69) is 52.4 Å². The Kier molecular flexibility index (Phi) is 7.61. The van der Waals surface area contributed by atoms with Gasteiger partial charge in [0.25, 0.3) is 0 Å². The number of nitrogens with one attached hydrogen (secondary N) is 1. The van der Waals surface area contributed by atoms with Crippen LogP contribution in [-0.4, -0.2) is 52.2 Å². The second-order valence-corrected chi connectivity index (χ2v) is 12.7. The van der Waals surface area contributed by atoms with Crippen molar-refractivity contribution < 1.29 is 0 Å². The SMILES string of the molecule is CC1CCc2c(sc3nc(CCc4ccccc4)nc(N4CCN(C(=S)NC5CCCCC5)CC4)c23)C1. The van der Waals surface area contributed by atoms with Crippen LogP contribution in [0.4, 0.5) is 5.82 Å². The van der Waals surface area contributed by atoms with Gasteiger partial charge in [0.05, 0.1) is 5.39 Å². The molecular weight excluding hydrogens is 494 g/mol. The molecule has 0 amide bonds. The van der Waals surface area contributed by atoms with Crippen LogP contribution in [0.1, 0.15) is 67.3 Å². The fourth-order valence-electron chi connectivity index (χ4n) is 6.24. The molecule has 1 saturated carbocycles. The molecule has 3 aliphatic rings. The first kappa shape index (κ1) is 25.1. The third-order valence-corrected chi connectivity index (χ3v) is 9.99. The van der Waals surface area contributed by atoms with Gasteiger partial charge in [0.15, 0.2) is 5.11 Å². The zero-order valence-electron chi connectivity index (χ0n) is 22.0. The van der Waals surface area contributed by atoms with Crippen LogP contribution in [0.15, 0.2) is 30.3 Å². The summed E-state index contributed by atoms with van der Waals surface area (Å²) in [6.07, 6.45) is 12.0. The fraction of sp³-hybridized carbons (Fsp3) is 0.567. The summed E-state index contributed by atoms with van der Waals surface area (Å²) in [5.41, 5.74) is 2.87. The minimum Gasteiger partial charge on any atom is -0.360 e. The van der Waals surface area contributed by atoms with Crippen molar-refractivity contribution in [3.8, 4) is 0 Å². The van der Waals surface area contributed by atoms with Crippen molar-refractivity contribution >= 4 is 44.7 Å². The molecule has 2 fully saturated rings. The van der Waals surface area contributed by atoms with Gasteiger partial charge < -0.3 is 15.1 Å². The standard InChI is InChI=1S/C30H39N5S2/c1-21-12-14-24-25(20-21)37-29-27(24)28(32-26(33-29)15-13-22-8-4-2-5-9-22)34-16-18-35(19-17-34)30(36)31-23-10-6-3-7-11-23/h2,4-5,8-9,21,23H,3,6-7,10-20H2,1H3,(H,31,36). The first-order chi connectivity index (χ1) is 18.1. The molecule has 196 valence electrons. The number of hydrogen-bond acceptors (Lipinski definition) is 5. The maximum atomic E-state index is 5.84. The van der Waals surface area contributed by atoms with Gasteiger partial charge in [-0.15, -0.1) is 11.3 Å². The van der Waals surface area contributed by atoms with Crippen molar-refractivity contribution in [2.24, 2.45) is 5.92 Å². The fourth-order valence-corrected chi connectivity index (χ4v) is 7.99. The number of aromatic nitrogens is 2. The summed E-state index contributed by atoms with van der Waals surface area (Å²) in [4.78, 5) is 18.0. The average Bonchev–Trinajstić information content (AvgIpc) is 3.30. The number of hydrogen-bond donors (Lipinski definition) is 1. The molecule has 2 aliphatic carbocycles. The highest BCUT2D eigenvalue weighted by molar-refractivity contribution is 7.80. The molecule has 1 atom stereocenters. The largest absolute Gasteiger partial charge is 0.360 e. The zero-order valence-corrected chi connectivity index (χ0v) is 23.7. The normalized spacial score (nSPS) is 20.7. The number of nitrogens with zero attached hydrogens (tertiary/aromatic N) is 4. The molecule has 6 rings (SSSR count). The maximum Gasteiger partial charge on any atom is 0.169 e. The van der Waals surface area contributed by atoms with E-state index < -0.39 is 0 Å². The lowest BCUT2D eigenvalue weighted by Crippen LogP contribution is -2.53. The number of rotatable bonds is 5. The first-order valence-electron chi connectivity index (χ1n) is 14.3. The van der Waals surface area contributed by atoms with Gasteiger partial charge in [-0.3, -0.25) is 0 Å². The van der Waals surface area contributed by atoms with Gasteiger partial charge in [-0.05, 0) is 67.8 Å². The third-order valence-electron chi connectivity index (χ3n) is 8.46. The maximum absolute atomic E-state index is 5.84. The smallest absolute Gasteiger partial charge is 0.169 e. The van der Waals surface area contributed by atoms with E-state index in [0.717, 1.165) is 62.3 Å². The number of aryl methyl sites for hydroxylation is 3. The van der Waals surface area contributed by atoms with Crippen molar-refractivity contribution in [1.82, 2.24) is 20.2 Å². The van der Waals surface area contributed by atoms with Crippen LogP contribution in [0.5, 0.6) is 0 Å². The Balaban J connectivity index is 1.22. The molecule has 1 aromatic carbocycles. The van der Waals surface area contributed by atoms with Gasteiger partial charge in [-0.2, -0.15) is 0 Å². The minimum absolute atomic E-state index is 0.563. The average molecular weight is 534 g/mol. The van der Waals surface area contributed by atoms with Crippen LogP contribution < -0.4 is 10.2 Å². The number of piperazine rings is 1. The van der Waals surface area contributed by atoms with Gasteiger partial charge >= 0.3 is 0 Å². The zero-order chi connectivity index (χ0) is 25.2. The highest BCUT2D eigenvalue weighted by Crippen LogP contribution is 2.41. The van der Waals surface area contributed by atoms with Gasteiger partial charge in [0.2, 0.25) is 0 Å². The summed E-state index contributed by atoms with van der Waals surface area (Å²) in [5.74, 6) is 2.91. The second-order valence-electron chi connectivity index (χ2n) is 11.2. The van der Waals surface area contributed by atoms with Gasteiger partial charge in [-0.1, -0.05) is 56.5 Å². The lowest BCUT2D eigenvalue weighted by atomic mass is 9.89. The molecule has 2 aromatic heterocycles. The Labute approximate surface area is 230 Å². The minimum atomic E-state index is 0.563. The molecule has 0 radical (unpaired) electrons. The Hall–Kier alpha value is -2.25. The predicted molar refractivity (Wildman–Crippen MR) is 159 cm³/mol. The van der Waals surface area contributed by atoms with Crippen molar-refractivity contribution in [2.45, 2.75) is 77.2 Å². The number of thiocarbonyl (C=S) groups is 1. The highest BCUT2D eigenvalue weighted by atomic mass is 32.1. The molecule has 7 heteroatoms. The highest BCUT2D eigenvalue weighted by Gasteiger charge is 2.28. The van der Waals surface area contributed by atoms with E-state index in [4.69, 9.17) is 22.2 Å². The van der Waals surface area contributed by atoms with E-state index in [9.17, 15) is 0 Å². The van der Waals surface area contributed by atoms with E-state index in [-0.39, 0.29) is 0 Å². The molecule has 5 nitrogen and oxygen atoms in total. The summed E-state index contributed by atoms with van der Waals surface area (Å²) in [5, 5.41) is 5.96. The van der Waals surface area contributed by atoms with E-state index in [1.807, 2.05) is 11.3 Å². The molecule has 37 heavy (non-hydrogen) atoms. The van der Waals surface area contributed by atoms with E-state index in [1.54, 1.807) is 4.88 Å². The van der Waals surface area contributed by atoms with Crippen LogP contribution in [0.25, 0.3) is 10.2 Å². The lowest BCUT2D eigenvalue weighted by molar-refractivity contribution is 0.354. The molecule has 0 bridgehead atoms. The van der Waals surface area contributed by atoms with Crippen LogP contribution in [0, 0.1) is 5.92 Å². The second kappa shape index (κ2) is 11.2. The molecule has 1 aliphatic heterocycles. The molecule has 1 unspecified atom stereocenters.